The third kappa shape index (κ3) is 8.47. The van der Waals surface area contributed by atoms with Gasteiger partial charge in [-0.15, -0.1) is 10.2 Å². The number of carbonyl (C=O) groups is 1. The fraction of sp³-hybridized carbons (Fsp3) is 0.243. The molecule has 6 aromatic rings. The second-order valence-corrected chi connectivity index (χ2v) is 15.0. The minimum absolute atomic E-state index is 0.0668. The largest absolute Gasteiger partial charge is 0.508 e. The van der Waals surface area contributed by atoms with Gasteiger partial charge in [0.2, 0.25) is 0 Å². The van der Waals surface area contributed by atoms with Crippen LogP contribution in [-0.4, -0.2) is 73.9 Å². The summed E-state index contributed by atoms with van der Waals surface area (Å²) < 4.78 is 23.8. The van der Waals surface area contributed by atoms with Crippen LogP contribution in [0.4, 0.5) is 15.0 Å². The van der Waals surface area contributed by atoms with Gasteiger partial charge in [-0.2, -0.15) is 16.9 Å². The highest BCUT2D eigenvalue weighted by molar-refractivity contribution is 7.99. The monoisotopic (exact) mass is 726 g/mol. The standard InChI is InChI=1S/C37H39FN8O3S2/c1-37(2,50-5)32-21-34(46(43-32)25-10-8-11-27(19-25)49-18-17-44(3)4)40-36(48)39-22-24-9-6-7-12-31(24)51-28-14-16-33-41-42-35(45(33)23-28)29-20-26(47)13-15-30(29)38/h6-16,19-21,23,47H,17-18,22H2,1-5H3,(H2,39,40,48). The average molecular weight is 727 g/mol. The predicted molar refractivity (Wildman–Crippen MR) is 201 cm³/mol. The van der Waals surface area contributed by atoms with Crippen molar-refractivity contribution in [2.45, 2.75) is 34.9 Å². The number of fused-ring (bicyclic) bond motifs is 1. The molecule has 264 valence electrons. The van der Waals surface area contributed by atoms with E-state index in [1.807, 2.05) is 87.2 Å². The minimum atomic E-state index is -0.514. The predicted octanol–water partition coefficient (Wildman–Crippen LogP) is 7.44. The summed E-state index contributed by atoms with van der Waals surface area (Å²) in [6, 6.07) is 24.5. The summed E-state index contributed by atoms with van der Waals surface area (Å²) in [5.74, 6) is 0.938. The van der Waals surface area contributed by atoms with Gasteiger partial charge in [-0.1, -0.05) is 36.0 Å². The summed E-state index contributed by atoms with van der Waals surface area (Å²) in [7, 11) is 4.00. The van der Waals surface area contributed by atoms with Crippen LogP contribution < -0.4 is 15.4 Å². The third-order valence-corrected chi connectivity index (χ3v) is 10.5. The normalized spacial score (nSPS) is 11.7. The van der Waals surface area contributed by atoms with Crippen LogP contribution in [0.2, 0.25) is 0 Å². The van der Waals surface area contributed by atoms with Crippen molar-refractivity contribution >= 4 is 41.0 Å². The van der Waals surface area contributed by atoms with Gasteiger partial charge in [0.25, 0.3) is 0 Å². The Labute approximate surface area is 304 Å². The number of thioether (sulfide) groups is 1. The van der Waals surface area contributed by atoms with Crippen LogP contribution in [0.3, 0.4) is 0 Å². The van der Waals surface area contributed by atoms with E-state index in [-0.39, 0.29) is 34.5 Å². The summed E-state index contributed by atoms with van der Waals surface area (Å²) in [5, 5.41) is 29.2. The topological polar surface area (TPSA) is 122 Å². The fourth-order valence-electron chi connectivity index (χ4n) is 5.13. The first-order chi connectivity index (χ1) is 24.5. The molecule has 3 aromatic carbocycles. The number of phenolic OH excluding ortho intramolecular Hbond substituents is 1. The summed E-state index contributed by atoms with van der Waals surface area (Å²) in [4.78, 5) is 17.2. The Balaban J connectivity index is 1.19. The number of rotatable bonds is 13. The molecule has 0 fully saturated rings. The number of nitrogens with zero attached hydrogens (tertiary/aromatic N) is 6. The number of likely N-dealkylation sites (N-methyl/N-ethyl adjacent to an activating group) is 1. The van der Waals surface area contributed by atoms with Gasteiger partial charge in [-0.05, 0) is 88.3 Å². The number of phenols is 1. The molecule has 2 amide bonds. The van der Waals surface area contributed by atoms with Gasteiger partial charge in [0.1, 0.15) is 29.7 Å². The zero-order chi connectivity index (χ0) is 36.1. The number of aromatic nitrogens is 5. The number of benzene rings is 3. The SMILES string of the molecule is CSC(C)(C)c1cc(NC(=O)NCc2ccccc2Sc2ccc3nnc(-c4cc(O)ccc4F)n3c2)n(-c2cccc(OCCN(C)C)c2)n1. The molecule has 14 heteroatoms. The van der Waals surface area contributed by atoms with Crippen LogP contribution in [0.15, 0.2) is 101 Å². The van der Waals surface area contributed by atoms with Crippen LogP contribution in [0.5, 0.6) is 11.5 Å². The molecule has 0 bridgehead atoms. The van der Waals surface area contributed by atoms with E-state index >= 15 is 0 Å². The highest BCUT2D eigenvalue weighted by Gasteiger charge is 2.25. The molecule has 0 saturated carbocycles. The molecular formula is C37H39FN8O3S2. The maximum Gasteiger partial charge on any atom is 0.320 e. The number of ether oxygens (including phenoxy) is 1. The van der Waals surface area contributed by atoms with Crippen LogP contribution in [0.25, 0.3) is 22.7 Å². The van der Waals surface area contributed by atoms with Gasteiger partial charge in [-0.25, -0.2) is 13.9 Å². The molecule has 3 aromatic heterocycles. The van der Waals surface area contributed by atoms with Crippen molar-refractivity contribution in [3.05, 3.63) is 108 Å². The number of aromatic hydroxyl groups is 1. The number of halogens is 1. The number of carbonyl (C=O) groups excluding carboxylic acids is 1. The van der Waals surface area contributed by atoms with E-state index in [2.05, 4.69) is 39.6 Å². The molecule has 0 spiro atoms. The first-order valence-electron chi connectivity index (χ1n) is 16.2. The molecule has 0 aliphatic heterocycles. The Morgan fingerprint density at radius 3 is 2.65 bits per heavy atom. The number of hydrogen-bond acceptors (Lipinski definition) is 9. The molecule has 0 saturated heterocycles. The lowest BCUT2D eigenvalue weighted by atomic mass is 10.1. The number of pyridine rings is 1. The Morgan fingerprint density at radius 2 is 1.84 bits per heavy atom. The van der Waals surface area contributed by atoms with Gasteiger partial charge < -0.3 is 20.1 Å². The van der Waals surface area contributed by atoms with Crippen LogP contribution >= 0.6 is 23.5 Å². The van der Waals surface area contributed by atoms with Crippen LogP contribution in [-0.2, 0) is 11.3 Å². The van der Waals surface area contributed by atoms with Crippen LogP contribution in [0, 0.1) is 5.82 Å². The number of nitrogens with one attached hydrogen (secondary N) is 2. The summed E-state index contributed by atoms with van der Waals surface area (Å²) in [6.07, 6.45) is 3.86. The Kier molecular flexibility index (Phi) is 10.8. The molecule has 3 heterocycles. The molecule has 6 rings (SSSR count). The minimum Gasteiger partial charge on any atom is -0.508 e. The number of urea groups is 1. The van der Waals surface area contributed by atoms with Gasteiger partial charge >= 0.3 is 6.03 Å². The Hall–Kier alpha value is -5.05. The smallest absolute Gasteiger partial charge is 0.320 e. The summed E-state index contributed by atoms with van der Waals surface area (Å²) in [5.41, 5.74) is 3.17. The van der Waals surface area contributed by atoms with Crippen LogP contribution in [0.1, 0.15) is 25.1 Å². The lowest BCUT2D eigenvalue weighted by Gasteiger charge is -2.18. The van der Waals surface area contributed by atoms with Crippen molar-refractivity contribution in [1.29, 1.82) is 0 Å². The van der Waals surface area contributed by atoms with E-state index in [1.54, 1.807) is 26.9 Å². The van der Waals surface area contributed by atoms with E-state index in [0.717, 1.165) is 33.3 Å². The molecule has 0 aliphatic rings. The van der Waals surface area contributed by atoms with Gasteiger partial charge in [0, 0.05) is 41.2 Å². The lowest BCUT2D eigenvalue weighted by Crippen LogP contribution is -2.29. The molecule has 0 radical (unpaired) electrons. The number of amides is 2. The second-order valence-electron chi connectivity index (χ2n) is 12.5. The van der Waals surface area contributed by atoms with E-state index in [4.69, 9.17) is 9.84 Å². The van der Waals surface area contributed by atoms with Crippen molar-refractivity contribution in [1.82, 2.24) is 34.6 Å². The first kappa shape index (κ1) is 35.8. The van der Waals surface area contributed by atoms with Gasteiger partial charge in [-0.3, -0.25) is 9.72 Å². The first-order valence-corrected chi connectivity index (χ1v) is 18.2. The van der Waals surface area contributed by atoms with E-state index < -0.39 is 5.82 Å². The highest BCUT2D eigenvalue weighted by atomic mass is 32.2. The maximum absolute atomic E-state index is 14.7. The van der Waals surface area contributed by atoms with Crippen molar-refractivity contribution in [2.24, 2.45) is 0 Å². The lowest BCUT2D eigenvalue weighted by molar-refractivity contribution is 0.251. The summed E-state index contributed by atoms with van der Waals surface area (Å²) >= 11 is 3.17. The van der Waals surface area contributed by atoms with E-state index in [9.17, 15) is 14.3 Å². The van der Waals surface area contributed by atoms with Gasteiger partial charge in [0.15, 0.2) is 11.5 Å². The number of anilines is 1. The summed E-state index contributed by atoms with van der Waals surface area (Å²) in [6.45, 7) is 5.78. The number of hydrogen-bond donors (Lipinski definition) is 3. The Bertz CT molecular complexity index is 2170. The van der Waals surface area contributed by atoms with Gasteiger partial charge in [0.05, 0.1) is 21.7 Å². The van der Waals surface area contributed by atoms with Crippen molar-refractivity contribution in [2.75, 3.05) is 38.8 Å². The van der Waals surface area contributed by atoms with Crippen molar-refractivity contribution < 1.29 is 19.0 Å². The molecule has 0 aliphatic carbocycles. The molecule has 0 unspecified atom stereocenters. The molecule has 0 atom stereocenters. The molecule has 51 heavy (non-hydrogen) atoms. The third-order valence-electron chi connectivity index (χ3n) is 8.15. The second kappa shape index (κ2) is 15.5. The Morgan fingerprint density at radius 1 is 1.02 bits per heavy atom. The molecular weight excluding hydrogens is 688 g/mol. The fourth-order valence-corrected chi connectivity index (χ4v) is 6.40. The average Bonchev–Trinajstić information content (AvgIpc) is 3.74. The molecule has 3 N–H and O–H groups in total. The zero-order valence-electron chi connectivity index (χ0n) is 28.9. The van der Waals surface area contributed by atoms with Crippen molar-refractivity contribution in [3.63, 3.8) is 0 Å². The highest BCUT2D eigenvalue weighted by Crippen LogP contribution is 2.36. The quantitative estimate of drug-likeness (QED) is 0.112. The molecule has 11 nitrogen and oxygen atoms in total. The van der Waals surface area contributed by atoms with E-state index in [0.29, 0.717) is 23.8 Å². The maximum atomic E-state index is 14.7. The van der Waals surface area contributed by atoms with Crippen molar-refractivity contribution in [3.8, 4) is 28.6 Å². The van der Waals surface area contributed by atoms with E-state index in [1.165, 1.54) is 30.0 Å². The zero-order valence-corrected chi connectivity index (χ0v) is 30.6.